The Hall–Kier alpha value is -2.55. The number of aliphatic carboxylic acids is 1. The van der Waals surface area contributed by atoms with E-state index in [2.05, 4.69) is 18.7 Å². The highest BCUT2D eigenvalue weighted by Crippen LogP contribution is 2.43. The van der Waals surface area contributed by atoms with E-state index in [9.17, 15) is 36.2 Å². The minimum absolute atomic E-state index is 0.0384. The second-order valence-corrected chi connectivity index (χ2v) is 10.3. The maximum absolute atomic E-state index is 13.2. The van der Waals surface area contributed by atoms with Gasteiger partial charge in [-0.25, -0.2) is 0 Å². The van der Waals surface area contributed by atoms with Crippen molar-refractivity contribution in [1.29, 1.82) is 0 Å². The minimum atomic E-state index is -4.48. The molecular formula is C28H33F6NO2. The lowest BCUT2D eigenvalue weighted by molar-refractivity contribution is -0.139. The van der Waals surface area contributed by atoms with Crippen LogP contribution in [-0.2, 0) is 17.1 Å². The van der Waals surface area contributed by atoms with Gasteiger partial charge in [-0.15, -0.1) is 0 Å². The number of hydrogen-bond acceptors (Lipinski definition) is 2. The van der Waals surface area contributed by atoms with Gasteiger partial charge in [-0.05, 0) is 73.0 Å². The Kier molecular flexibility index (Phi) is 9.32. The van der Waals surface area contributed by atoms with Crippen LogP contribution >= 0.6 is 0 Å². The van der Waals surface area contributed by atoms with Gasteiger partial charge >= 0.3 is 18.3 Å². The average Bonchev–Trinajstić information content (AvgIpc) is 2.81. The Morgan fingerprint density at radius 2 is 1.46 bits per heavy atom. The number of halogens is 6. The molecule has 1 saturated heterocycles. The second-order valence-electron chi connectivity index (χ2n) is 10.3. The van der Waals surface area contributed by atoms with Gasteiger partial charge in [-0.2, -0.15) is 26.3 Å². The molecule has 3 atom stereocenters. The third kappa shape index (κ3) is 7.97. The van der Waals surface area contributed by atoms with E-state index in [0.717, 1.165) is 37.1 Å². The zero-order chi connectivity index (χ0) is 27.4. The Balaban J connectivity index is 1.98. The van der Waals surface area contributed by atoms with Crippen molar-refractivity contribution >= 4 is 5.97 Å². The average molecular weight is 530 g/mol. The van der Waals surface area contributed by atoms with Gasteiger partial charge in [0.15, 0.2) is 0 Å². The topological polar surface area (TPSA) is 40.5 Å². The van der Waals surface area contributed by atoms with Crippen molar-refractivity contribution < 1.29 is 36.2 Å². The molecule has 0 saturated carbocycles. The number of benzene rings is 2. The first-order valence-electron chi connectivity index (χ1n) is 12.6. The number of piperidine rings is 1. The van der Waals surface area contributed by atoms with Crippen molar-refractivity contribution in [2.75, 3.05) is 6.54 Å². The van der Waals surface area contributed by atoms with Crippen molar-refractivity contribution in [2.24, 2.45) is 11.8 Å². The standard InChI is InChI=1S/C28H33F6NO2/c1-18(2)4-3-5-24(20-6-10-22(11-7-20)27(29,30)31)35-15-14-19(17-26(36)37)16-25(35)21-8-12-23(13-9-21)28(32,33)34/h6-13,18-19,24-25H,3-5,14-17H2,1-2H3,(H,36,37). The van der Waals surface area contributed by atoms with E-state index < -0.39 is 29.4 Å². The number of rotatable bonds is 9. The third-order valence-electron chi connectivity index (χ3n) is 7.12. The van der Waals surface area contributed by atoms with Crippen LogP contribution in [0.2, 0.25) is 0 Å². The summed E-state index contributed by atoms with van der Waals surface area (Å²) >= 11 is 0. The second kappa shape index (κ2) is 11.9. The van der Waals surface area contributed by atoms with Gasteiger partial charge in [-0.3, -0.25) is 9.69 Å². The fourth-order valence-electron chi connectivity index (χ4n) is 5.22. The summed E-state index contributed by atoms with van der Waals surface area (Å²) in [6, 6.07) is 9.41. The number of carboxylic acids is 1. The maximum Gasteiger partial charge on any atom is 0.416 e. The van der Waals surface area contributed by atoms with E-state index in [0.29, 0.717) is 42.9 Å². The van der Waals surface area contributed by atoms with Crippen LogP contribution in [0.1, 0.15) is 86.7 Å². The molecule has 204 valence electrons. The highest BCUT2D eigenvalue weighted by molar-refractivity contribution is 5.67. The van der Waals surface area contributed by atoms with Crippen molar-refractivity contribution in [3.8, 4) is 0 Å². The summed E-state index contributed by atoms with van der Waals surface area (Å²) in [6.07, 6.45) is -5.51. The number of hydrogen-bond donors (Lipinski definition) is 1. The Bertz CT molecular complexity index is 1010. The quantitative estimate of drug-likeness (QED) is 0.331. The van der Waals surface area contributed by atoms with Gasteiger partial charge in [0.1, 0.15) is 0 Å². The molecule has 37 heavy (non-hydrogen) atoms. The van der Waals surface area contributed by atoms with Gasteiger partial charge in [0.2, 0.25) is 0 Å². The number of nitrogens with zero attached hydrogens (tertiary/aromatic N) is 1. The molecule has 2 aromatic rings. The number of carboxylic acid groups (broad SMARTS) is 1. The Labute approximate surface area is 213 Å². The fraction of sp³-hybridized carbons (Fsp3) is 0.536. The summed E-state index contributed by atoms with van der Waals surface area (Å²) in [6.45, 7) is 4.68. The molecule has 1 aliphatic heterocycles. The largest absolute Gasteiger partial charge is 0.481 e. The van der Waals surface area contributed by atoms with Crippen molar-refractivity contribution in [3.05, 3.63) is 70.8 Å². The fourth-order valence-corrected chi connectivity index (χ4v) is 5.22. The molecule has 0 amide bonds. The molecule has 2 aromatic carbocycles. The van der Waals surface area contributed by atoms with Crippen LogP contribution < -0.4 is 0 Å². The minimum Gasteiger partial charge on any atom is -0.481 e. The van der Waals surface area contributed by atoms with Crippen LogP contribution in [0.25, 0.3) is 0 Å². The van der Waals surface area contributed by atoms with Crippen molar-refractivity contribution in [2.45, 2.75) is 76.8 Å². The van der Waals surface area contributed by atoms with Crippen LogP contribution in [0.4, 0.5) is 26.3 Å². The number of alkyl halides is 6. The summed E-state index contributed by atoms with van der Waals surface area (Å²) in [7, 11) is 0. The lowest BCUT2D eigenvalue weighted by atomic mass is 9.82. The normalized spacial score (nSPS) is 20.2. The zero-order valence-corrected chi connectivity index (χ0v) is 20.9. The van der Waals surface area contributed by atoms with E-state index in [1.807, 2.05) is 0 Å². The van der Waals surface area contributed by atoms with E-state index in [1.165, 1.54) is 24.3 Å². The molecular weight excluding hydrogens is 496 g/mol. The summed E-state index contributed by atoms with van der Waals surface area (Å²) in [5.74, 6) is -0.633. The molecule has 1 heterocycles. The predicted molar refractivity (Wildman–Crippen MR) is 129 cm³/mol. The first-order valence-corrected chi connectivity index (χ1v) is 12.6. The molecule has 1 fully saturated rings. The Morgan fingerprint density at radius 1 is 0.919 bits per heavy atom. The van der Waals surface area contributed by atoms with Crippen molar-refractivity contribution in [3.63, 3.8) is 0 Å². The lowest BCUT2D eigenvalue weighted by Gasteiger charge is -2.44. The van der Waals surface area contributed by atoms with Crippen LogP contribution in [-0.4, -0.2) is 22.5 Å². The smallest absolute Gasteiger partial charge is 0.416 e. The van der Waals surface area contributed by atoms with E-state index in [1.54, 1.807) is 0 Å². The van der Waals surface area contributed by atoms with E-state index >= 15 is 0 Å². The number of carbonyl (C=O) groups is 1. The molecule has 3 nitrogen and oxygen atoms in total. The molecule has 1 aliphatic rings. The molecule has 1 N–H and O–H groups in total. The molecule has 0 radical (unpaired) electrons. The Morgan fingerprint density at radius 3 is 1.95 bits per heavy atom. The highest BCUT2D eigenvalue weighted by Gasteiger charge is 2.37. The zero-order valence-electron chi connectivity index (χ0n) is 20.9. The summed E-state index contributed by atoms with van der Waals surface area (Å²) < 4.78 is 79.0. The molecule has 9 heteroatoms. The van der Waals surface area contributed by atoms with Crippen LogP contribution in [0, 0.1) is 11.8 Å². The molecule has 0 aromatic heterocycles. The number of likely N-dealkylation sites (tertiary alicyclic amines) is 1. The van der Waals surface area contributed by atoms with Gasteiger partial charge in [0.25, 0.3) is 0 Å². The summed E-state index contributed by atoms with van der Waals surface area (Å²) in [5, 5.41) is 9.33. The predicted octanol–water partition coefficient (Wildman–Crippen LogP) is 8.52. The molecule has 3 rings (SSSR count). The highest BCUT2D eigenvalue weighted by atomic mass is 19.4. The van der Waals surface area contributed by atoms with Crippen LogP contribution in [0.5, 0.6) is 0 Å². The molecule has 0 aliphatic carbocycles. The van der Waals surface area contributed by atoms with Gasteiger partial charge < -0.3 is 5.11 Å². The maximum atomic E-state index is 13.2. The van der Waals surface area contributed by atoms with Gasteiger partial charge in [0.05, 0.1) is 11.1 Å². The summed E-state index contributed by atoms with van der Waals surface area (Å²) in [5.41, 5.74) is -0.150. The molecule has 0 spiro atoms. The lowest BCUT2D eigenvalue weighted by Crippen LogP contribution is -2.40. The van der Waals surface area contributed by atoms with Crippen LogP contribution in [0.15, 0.2) is 48.5 Å². The first-order chi connectivity index (χ1) is 17.3. The first kappa shape index (κ1) is 29.0. The van der Waals surface area contributed by atoms with Crippen molar-refractivity contribution in [1.82, 2.24) is 4.90 Å². The van der Waals surface area contributed by atoms with E-state index in [-0.39, 0.29) is 24.4 Å². The van der Waals surface area contributed by atoms with Gasteiger partial charge in [0, 0.05) is 18.5 Å². The SMILES string of the molecule is CC(C)CCCC(c1ccc(C(F)(F)F)cc1)N1CCC(CC(=O)O)CC1c1ccc(C(F)(F)F)cc1. The molecule has 3 unspecified atom stereocenters. The van der Waals surface area contributed by atoms with Gasteiger partial charge in [-0.1, -0.05) is 51.0 Å². The summed E-state index contributed by atoms with van der Waals surface area (Å²) in [4.78, 5) is 13.5. The van der Waals surface area contributed by atoms with E-state index in [4.69, 9.17) is 0 Å². The molecule has 0 bridgehead atoms. The van der Waals surface area contributed by atoms with Crippen LogP contribution in [0.3, 0.4) is 0 Å². The third-order valence-corrected chi connectivity index (χ3v) is 7.12. The monoisotopic (exact) mass is 529 g/mol.